The zero-order valence-electron chi connectivity index (χ0n) is 15.9. The van der Waals surface area contributed by atoms with Gasteiger partial charge in [-0.05, 0) is 19.4 Å². The summed E-state index contributed by atoms with van der Waals surface area (Å²) in [6.07, 6.45) is 1.16. The van der Waals surface area contributed by atoms with Gasteiger partial charge in [0.25, 0.3) is 0 Å². The lowest BCUT2D eigenvalue weighted by molar-refractivity contribution is 0.443. The molecule has 0 heterocycles. The van der Waals surface area contributed by atoms with Crippen LogP contribution in [0.2, 0.25) is 0 Å². The third-order valence-corrected chi connectivity index (χ3v) is 4.56. The van der Waals surface area contributed by atoms with Crippen molar-refractivity contribution in [2.45, 2.75) is 38.6 Å². The Morgan fingerprint density at radius 2 is 1.56 bits per heavy atom. The molecular formula is C17H31IN4O2S. The number of hydrogen-bond acceptors (Lipinski definition) is 3. The van der Waals surface area contributed by atoms with E-state index in [-0.39, 0.29) is 29.4 Å². The van der Waals surface area contributed by atoms with Crippen LogP contribution in [0.4, 0.5) is 0 Å². The van der Waals surface area contributed by atoms with E-state index in [4.69, 9.17) is 0 Å². The summed E-state index contributed by atoms with van der Waals surface area (Å²) in [6.45, 7) is 9.10. The van der Waals surface area contributed by atoms with Crippen LogP contribution in [0.3, 0.4) is 0 Å². The standard InChI is InChI=1S/C17H30N4O2S.HI/c1-16(2,14-10-8-7-9-11-14)12-19-15(18-5)20-13-17(3,4)21-24(6,22)23;/h7-11,21H,12-13H2,1-6H3,(H2,18,19,20);1H. The van der Waals surface area contributed by atoms with Gasteiger partial charge in [0.15, 0.2) is 5.96 Å². The number of aliphatic imine (C=N–C) groups is 1. The van der Waals surface area contributed by atoms with Crippen molar-refractivity contribution in [2.24, 2.45) is 4.99 Å². The second kappa shape index (κ2) is 9.72. The van der Waals surface area contributed by atoms with Gasteiger partial charge in [-0.3, -0.25) is 4.99 Å². The summed E-state index contributed by atoms with van der Waals surface area (Å²) in [7, 11) is -1.56. The van der Waals surface area contributed by atoms with E-state index < -0.39 is 15.6 Å². The van der Waals surface area contributed by atoms with Gasteiger partial charge in [-0.1, -0.05) is 44.2 Å². The first-order valence-electron chi connectivity index (χ1n) is 7.94. The maximum absolute atomic E-state index is 11.4. The molecule has 0 aliphatic carbocycles. The molecule has 0 amide bonds. The molecule has 0 unspecified atom stereocenters. The lowest BCUT2D eigenvalue weighted by Crippen LogP contribution is -2.53. The molecule has 6 nitrogen and oxygen atoms in total. The Morgan fingerprint density at radius 1 is 1.04 bits per heavy atom. The Morgan fingerprint density at radius 3 is 2.04 bits per heavy atom. The first-order valence-corrected chi connectivity index (χ1v) is 9.83. The maximum Gasteiger partial charge on any atom is 0.209 e. The van der Waals surface area contributed by atoms with Gasteiger partial charge in [-0.15, -0.1) is 24.0 Å². The predicted molar refractivity (Wildman–Crippen MR) is 116 cm³/mol. The molecule has 0 fully saturated rings. The third-order valence-electron chi connectivity index (χ3n) is 3.64. The number of sulfonamides is 1. The van der Waals surface area contributed by atoms with E-state index in [0.29, 0.717) is 19.0 Å². The molecular weight excluding hydrogens is 451 g/mol. The summed E-state index contributed by atoms with van der Waals surface area (Å²) in [5, 5.41) is 6.47. The molecule has 0 aliphatic rings. The van der Waals surface area contributed by atoms with Crippen LogP contribution in [-0.2, 0) is 15.4 Å². The number of nitrogens with one attached hydrogen (secondary N) is 3. The molecule has 1 aromatic carbocycles. The minimum atomic E-state index is -3.26. The second-order valence-corrected chi connectivity index (χ2v) is 9.04. The molecule has 25 heavy (non-hydrogen) atoms. The minimum absolute atomic E-state index is 0. The SMILES string of the molecule is CN=C(NCC(C)(C)NS(C)(=O)=O)NCC(C)(C)c1ccccc1.I. The van der Waals surface area contributed by atoms with E-state index >= 15 is 0 Å². The predicted octanol–water partition coefficient (Wildman–Crippen LogP) is 2.08. The number of rotatable bonds is 7. The summed E-state index contributed by atoms with van der Waals surface area (Å²) in [6, 6.07) is 10.3. The lowest BCUT2D eigenvalue weighted by atomic mass is 9.85. The van der Waals surface area contributed by atoms with Gasteiger partial charge in [0.1, 0.15) is 0 Å². The van der Waals surface area contributed by atoms with Crippen molar-refractivity contribution in [3.8, 4) is 0 Å². The molecule has 0 aliphatic heterocycles. The van der Waals surface area contributed by atoms with Gasteiger partial charge in [0, 0.05) is 31.1 Å². The summed E-state index contributed by atoms with van der Waals surface area (Å²) >= 11 is 0. The van der Waals surface area contributed by atoms with E-state index in [9.17, 15) is 8.42 Å². The number of benzene rings is 1. The first kappa shape index (κ1) is 24.1. The fourth-order valence-electron chi connectivity index (χ4n) is 2.36. The molecule has 8 heteroatoms. The zero-order valence-corrected chi connectivity index (χ0v) is 19.0. The summed E-state index contributed by atoms with van der Waals surface area (Å²) in [4.78, 5) is 4.20. The van der Waals surface area contributed by atoms with Gasteiger partial charge in [0.2, 0.25) is 10.0 Å². The van der Waals surface area contributed by atoms with Crippen LogP contribution in [0, 0.1) is 0 Å². The highest BCUT2D eigenvalue weighted by molar-refractivity contribution is 14.0. The maximum atomic E-state index is 11.4. The number of hydrogen-bond donors (Lipinski definition) is 3. The first-order chi connectivity index (χ1) is 11.0. The quantitative estimate of drug-likeness (QED) is 0.316. The summed E-state index contributed by atoms with van der Waals surface area (Å²) in [5.74, 6) is 0.641. The topological polar surface area (TPSA) is 82.6 Å². The van der Waals surface area contributed by atoms with Crippen molar-refractivity contribution in [1.82, 2.24) is 15.4 Å². The van der Waals surface area contributed by atoms with Crippen LogP contribution < -0.4 is 15.4 Å². The van der Waals surface area contributed by atoms with Gasteiger partial charge < -0.3 is 10.6 Å². The third kappa shape index (κ3) is 9.41. The Balaban J connectivity index is 0.00000576. The Hall–Kier alpha value is -0.870. The van der Waals surface area contributed by atoms with Crippen molar-refractivity contribution in [2.75, 3.05) is 26.4 Å². The molecule has 0 spiro atoms. The number of halogens is 1. The summed E-state index contributed by atoms with van der Waals surface area (Å²) < 4.78 is 25.4. The normalized spacial score (nSPS) is 13.1. The lowest BCUT2D eigenvalue weighted by Gasteiger charge is -2.29. The van der Waals surface area contributed by atoms with Gasteiger partial charge in [-0.25, -0.2) is 13.1 Å². The largest absolute Gasteiger partial charge is 0.356 e. The van der Waals surface area contributed by atoms with Gasteiger partial charge >= 0.3 is 0 Å². The van der Waals surface area contributed by atoms with Gasteiger partial charge in [0.05, 0.1) is 6.26 Å². The fourth-order valence-corrected chi connectivity index (χ4v) is 3.44. The van der Waals surface area contributed by atoms with Crippen molar-refractivity contribution < 1.29 is 8.42 Å². The molecule has 0 atom stereocenters. The molecule has 1 aromatic rings. The van der Waals surface area contributed by atoms with Crippen molar-refractivity contribution in [3.63, 3.8) is 0 Å². The number of guanidine groups is 1. The van der Waals surface area contributed by atoms with Crippen LogP contribution in [0.25, 0.3) is 0 Å². The second-order valence-electron chi connectivity index (χ2n) is 7.29. The average molecular weight is 482 g/mol. The van der Waals surface area contributed by atoms with E-state index in [1.165, 1.54) is 5.56 Å². The molecule has 0 radical (unpaired) electrons. The highest BCUT2D eigenvalue weighted by Crippen LogP contribution is 2.21. The highest BCUT2D eigenvalue weighted by Gasteiger charge is 2.23. The van der Waals surface area contributed by atoms with Crippen LogP contribution in [0.5, 0.6) is 0 Å². The van der Waals surface area contributed by atoms with E-state index in [2.05, 4.69) is 46.3 Å². The molecule has 1 rings (SSSR count). The van der Waals surface area contributed by atoms with Crippen molar-refractivity contribution >= 4 is 40.0 Å². The Kier molecular flexibility index (Phi) is 9.39. The Labute approximate surface area is 169 Å². The molecule has 0 bridgehead atoms. The fraction of sp³-hybridized carbons (Fsp3) is 0.588. The highest BCUT2D eigenvalue weighted by atomic mass is 127. The summed E-state index contributed by atoms with van der Waals surface area (Å²) in [5.41, 5.74) is 0.576. The van der Waals surface area contributed by atoms with Gasteiger partial charge in [-0.2, -0.15) is 0 Å². The van der Waals surface area contributed by atoms with Crippen LogP contribution >= 0.6 is 24.0 Å². The Bertz CT molecular complexity index is 658. The molecule has 0 aromatic heterocycles. The minimum Gasteiger partial charge on any atom is -0.356 e. The monoisotopic (exact) mass is 482 g/mol. The molecule has 0 saturated heterocycles. The number of nitrogens with zero attached hydrogens (tertiary/aromatic N) is 1. The average Bonchev–Trinajstić information content (AvgIpc) is 2.46. The van der Waals surface area contributed by atoms with Crippen LogP contribution in [0.15, 0.2) is 35.3 Å². The molecule has 0 saturated carbocycles. The van der Waals surface area contributed by atoms with Crippen molar-refractivity contribution in [3.05, 3.63) is 35.9 Å². The zero-order chi connectivity index (χ0) is 18.4. The van der Waals surface area contributed by atoms with E-state index in [1.807, 2.05) is 32.0 Å². The van der Waals surface area contributed by atoms with Crippen molar-refractivity contribution in [1.29, 1.82) is 0 Å². The van der Waals surface area contributed by atoms with Crippen LogP contribution in [-0.4, -0.2) is 46.3 Å². The molecule has 144 valence electrons. The van der Waals surface area contributed by atoms with E-state index in [0.717, 1.165) is 6.26 Å². The smallest absolute Gasteiger partial charge is 0.209 e. The van der Waals surface area contributed by atoms with E-state index in [1.54, 1.807) is 7.05 Å². The van der Waals surface area contributed by atoms with Crippen LogP contribution in [0.1, 0.15) is 33.3 Å². The molecule has 3 N–H and O–H groups in total.